The molecule has 21 heavy (non-hydrogen) atoms. The average molecular weight is 311 g/mol. The van der Waals surface area contributed by atoms with Crippen LogP contribution in [0.2, 0.25) is 0 Å². The third kappa shape index (κ3) is 2.56. The molecule has 0 saturated heterocycles. The van der Waals surface area contributed by atoms with Gasteiger partial charge in [0, 0.05) is 25.1 Å². The molecule has 2 heterocycles. The van der Waals surface area contributed by atoms with Gasteiger partial charge in [0.2, 0.25) is 5.89 Å². The van der Waals surface area contributed by atoms with Gasteiger partial charge in [-0.1, -0.05) is 5.16 Å². The SMILES string of the molecule is COc1cc2c(cc1F)nc(CCl)n2CCc1ncno1. The molecular formula is C13H12ClFN4O2. The molecule has 0 saturated carbocycles. The minimum atomic E-state index is -0.451. The zero-order valence-electron chi connectivity index (χ0n) is 11.2. The summed E-state index contributed by atoms with van der Waals surface area (Å²) >= 11 is 5.92. The lowest BCUT2D eigenvalue weighted by Gasteiger charge is -2.07. The average Bonchev–Trinajstić information content (AvgIpc) is 3.11. The Balaban J connectivity index is 2.01. The molecule has 1 aromatic carbocycles. The maximum Gasteiger partial charge on any atom is 0.228 e. The fourth-order valence-corrected chi connectivity index (χ4v) is 2.40. The predicted octanol–water partition coefficient (Wildman–Crippen LogP) is 2.55. The summed E-state index contributed by atoms with van der Waals surface area (Å²) in [6.45, 7) is 0.551. The normalized spacial score (nSPS) is 11.2. The topological polar surface area (TPSA) is 66.0 Å². The van der Waals surface area contributed by atoms with Crippen molar-refractivity contribution in [2.45, 2.75) is 18.8 Å². The number of halogens is 2. The van der Waals surface area contributed by atoms with Crippen LogP contribution < -0.4 is 4.74 Å². The number of hydrogen-bond acceptors (Lipinski definition) is 5. The molecule has 3 aromatic rings. The van der Waals surface area contributed by atoms with Crippen molar-refractivity contribution in [1.29, 1.82) is 0 Å². The van der Waals surface area contributed by atoms with E-state index in [9.17, 15) is 4.39 Å². The quantitative estimate of drug-likeness (QED) is 0.678. The van der Waals surface area contributed by atoms with E-state index in [1.807, 2.05) is 4.57 Å². The summed E-state index contributed by atoms with van der Waals surface area (Å²) in [4.78, 5) is 8.31. The molecule has 110 valence electrons. The van der Waals surface area contributed by atoms with Crippen LogP contribution in [0.15, 0.2) is 23.0 Å². The van der Waals surface area contributed by atoms with Crippen LogP contribution in [0.25, 0.3) is 11.0 Å². The Bertz CT molecular complexity index is 757. The number of fused-ring (bicyclic) bond motifs is 1. The van der Waals surface area contributed by atoms with E-state index in [4.69, 9.17) is 20.9 Å². The lowest BCUT2D eigenvalue weighted by atomic mass is 10.2. The first-order valence-electron chi connectivity index (χ1n) is 6.27. The van der Waals surface area contributed by atoms with Crippen molar-refractivity contribution in [3.63, 3.8) is 0 Å². The van der Waals surface area contributed by atoms with Crippen LogP contribution >= 0.6 is 11.6 Å². The molecule has 0 spiro atoms. The maximum absolute atomic E-state index is 13.7. The summed E-state index contributed by atoms with van der Waals surface area (Å²) in [6.07, 6.45) is 1.89. The van der Waals surface area contributed by atoms with E-state index < -0.39 is 5.82 Å². The van der Waals surface area contributed by atoms with Gasteiger partial charge in [0.1, 0.15) is 5.82 Å². The van der Waals surface area contributed by atoms with Crippen LogP contribution in [0, 0.1) is 5.82 Å². The number of hydrogen-bond donors (Lipinski definition) is 0. The lowest BCUT2D eigenvalue weighted by molar-refractivity contribution is 0.371. The zero-order chi connectivity index (χ0) is 14.8. The third-order valence-electron chi connectivity index (χ3n) is 3.18. The Labute approximate surface area is 124 Å². The van der Waals surface area contributed by atoms with E-state index in [0.717, 1.165) is 5.52 Å². The summed E-state index contributed by atoms with van der Waals surface area (Å²) in [5, 5.41) is 3.56. The number of imidazole rings is 1. The second kappa shape index (κ2) is 5.69. The molecule has 0 radical (unpaired) electrons. The van der Waals surface area contributed by atoms with Gasteiger partial charge in [-0.05, 0) is 0 Å². The van der Waals surface area contributed by atoms with Crippen molar-refractivity contribution < 1.29 is 13.7 Å². The summed E-state index contributed by atoms with van der Waals surface area (Å²) in [6, 6.07) is 2.95. The molecule has 0 atom stereocenters. The monoisotopic (exact) mass is 310 g/mol. The smallest absolute Gasteiger partial charge is 0.228 e. The van der Waals surface area contributed by atoms with E-state index in [1.165, 1.54) is 19.5 Å². The van der Waals surface area contributed by atoms with Gasteiger partial charge in [-0.2, -0.15) is 4.98 Å². The fourth-order valence-electron chi connectivity index (χ4n) is 2.20. The lowest BCUT2D eigenvalue weighted by Crippen LogP contribution is -2.05. The molecular weight excluding hydrogens is 299 g/mol. The number of methoxy groups -OCH3 is 1. The van der Waals surface area contributed by atoms with E-state index in [2.05, 4.69) is 15.1 Å². The van der Waals surface area contributed by atoms with Gasteiger partial charge >= 0.3 is 0 Å². The van der Waals surface area contributed by atoms with E-state index in [0.29, 0.717) is 30.2 Å². The van der Waals surface area contributed by atoms with Crippen LogP contribution in [0.5, 0.6) is 5.75 Å². The second-order valence-electron chi connectivity index (χ2n) is 4.37. The van der Waals surface area contributed by atoms with Gasteiger partial charge in [-0.25, -0.2) is 9.37 Å². The second-order valence-corrected chi connectivity index (χ2v) is 4.64. The third-order valence-corrected chi connectivity index (χ3v) is 3.42. The number of rotatable bonds is 5. The zero-order valence-corrected chi connectivity index (χ0v) is 12.0. The van der Waals surface area contributed by atoms with Crippen LogP contribution in [0.3, 0.4) is 0 Å². The molecule has 0 N–H and O–H groups in total. The Morgan fingerprint density at radius 3 is 2.95 bits per heavy atom. The van der Waals surface area contributed by atoms with Gasteiger partial charge in [0.15, 0.2) is 17.9 Å². The van der Waals surface area contributed by atoms with Crippen molar-refractivity contribution in [2.24, 2.45) is 0 Å². The van der Waals surface area contributed by atoms with Crippen molar-refractivity contribution in [3.8, 4) is 5.75 Å². The molecule has 0 aliphatic carbocycles. The minimum Gasteiger partial charge on any atom is -0.494 e. The van der Waals surface area contributed by atoms with Gasteiger partial charge in [-0.3, -0.25) is 0 Å². The number of nitrogens with zero attached hydrogens (tertiary/aromatic N) is 4. The number of aryl methyl sites for hydroxylation is 2. The molecule has 0 unspecified atom stereocenters. The first kappa shape index (κ1) is 13.8. The molecule has 8 heteroatoms. The highest BCUT2D eigenvalue weighted by Crippen LogP contribution is 2.26. The van der Waals surface area contributed by atoms with Crippen LogP contribution in [0.1, 0.15) is 11.7 Å². The Morgan fingerprint density at radius 2 is 2.29 bits per heavy atom. The Morgan fingerprint density at radius 1 is 1.43 bits per heavy atom. The van der Waals surface area contributed by atoms with Crippen molar-refractivity contribution in [3.05, 3.63) is 36.0 Å². The van der Waals surface area contributed by atoms with Gasteiger partial charge in [0.25, 0.3) is 0 Å². The summed E-state index contributed by atoms with van der Waals surface area (Å²) in [5.41, 5.74) is 1.29. The maximum atomic E-state index is 13.7. The number of alkyl halides is 1. The molecule has 0 bridgehead atoms. The van der Waals surface area contributed by atoms with Gasteiger partial charge in [-0.15, -0.1) is 11.6 Å². The first-order valence-corrected chi connectivity index (χ1v) is 6.80. The van der Waals surface area contributed by atoms with Crippen LogP contribution in [-0.4, -0.2) is 26.8 Å². The molecule has 0 aliphatic heterocycles. The van der Waals surface area contributed by atoms with Gasteiger partial charge in [0.05, 0.1) is 24.0 Å². The van der Waals surface area contributed by atoms with E-state index >= 15 is 0 Å². The molecule has 0 amide bonds. The van der Waals surface area contributed by atoms with Crippen LogP contribution in [0.4, 0.5) is 4.39 Å². The highest BCUT2D eigenvalue weighted by molar-refractivity contribution is 6.16. The van der Waals surface area contributed by atoms with Crippen LogP contribution in [-0.2, 0) is 18.8 Å². The largest absolute Gasteiger partial charge is 0.494 e. The predicted molar refractivity (Wildman–Crippen MR) is 73.8 cm³/mol. The molecule has 0 fully saturated rings. The Kier molecular flexibility index (Phi) is 3.74. The molecule has 3 rings (SSSR count). The molecule has 2 aromatic heterocycles. The standard InChI is InChI=1S/C13H12ClFN4O2/c1-20-11-5-10-9(4-8(11)15)18-12(6-14)19(10)3-2-13-16-7-17-21-13/h4-5,7H,2-3,6H2,1H3. The van der Waals surface area contributed by atoms with Crippen molar-refractivity contribution in [1.82, 2.24) is 19.7 Å². The number of aromatic nitrogens is 4. The van der Waals surface area contributed by atoms with E-state index in [-0.39, 0.29) is 11.6 Å². The first-order chi connectivity index (χ1) is 10.2. The van der Waals surface area contributed by atoms with Gasteiger partial charge < -0.3 is 13.8 Å². The summed E-state index contributed by atoms with van der Waals surface area (Å²) in [5.74, 6) is 1.11. The van der Waals surface area contributed by atoms with E-state index in [1.54, 1.807) is 6.07 Å². The summed E-state index contributed by atoms with van der Waals surface area (Å²) < 4.78 is 25.6. The minimum absolute atomic E-state index is 0.169. The molecule has 6 nitrogen and oxygen atoms in total. The molecule has 0 aliphatic rings. The fraction of sp³-hybridized carbons (Fsp3) is 0.308. The van der Waals surface area contributed by atoms with Crippen molar-refractivity contribution in [2.75, 3.05) is 7.11 Å². The Hall–Kier alpha value is -2.15. The number of benzene rings is 1. The number of ether oxygens (including phenoxy) is 1. The highest BCUT2D eigenvalue weighted by Gasteiger charge is 2.14. The highest BCUT2D eigenvalue weighted by atomic mass is 35.5. The summed E-state index contributed by atoms with van der Waals surface area (Å²) in [7, 11) is 1.42. The van der Waals surface area contributed by atoms with Crippen molar-refractivity contribution >= 4 is 22.6 Å².